The predicted molar refractivity (Wildman–Crippen MR) is 80.7 cm³/mol. The van der Waals surface area contributed by atoms with E-state index in [0.29, 0.717) is 6.04 Å². The molecule has 1 aromatic rings. The van der Waals surface area contributed by atoms with Gasteiger partial charge in [0, 0.05) is 55.4 Å². The molecule has 0 bridgehead atoms. The van der Waals surface area contributed by atoms with Gasteiger partial charge in [-0.3, -0.25) is 9.88 Å². The van der Waals surface area contributed by atoms with E-state index in [9.17, 15) is 0 Å². The van der Waals surface area contributed by atoms with E-state index in [4.69, 9.17) is 0 Å². The number of pyridine rings is 1. The van der Waals surface area contributed by atoms with E-state index in [0.717, 1.165) is 38.4 Å². The fourth-order valence-corrected chi connectivity index (χ4v) is 2.88. The highest BCUT2D eigenvalue weighted by Crippen LogP contribution is 2.24. The number of piperazine rings is 1. The standard InChI is InChI=1S/C15H26N4/c1-5-18-6-7-19(11-13(18)3)15-8-12(2)17-10-14(15)9-16-4/h8,10,13,16H,5-7,9,11H2,1-4H3. The molecule has 2 heterocycles. The van der Waals surface area contributed by atoms with Crippen molar-refractivity contribution in [2.45, 2.75) is 33.4 Å². The third kappa shape index (κ3) is 3.25. The second-order valence-electron chi connectivity index (χ2n) is 5.41. The Bertz CT molecular complexity index is 419. The lowest BCUT2D eigenvalue weighted by Gasteiger charge is -2.41. The summed E-state index contributed by atoms with van der Waals surface area (Å²) in [6, 6.07) is 2.84. The van der Waals surface area contributed by atoms with E-state index in [1.165, 1.54) is 11.3 Å². The predicted octanol–water partition coefficient (Wildman–Crippen LogP) is 1.64. The van der Waals surface area contributed by atoms with Crippen molar-refractivity contribution >= 4 is 5.69 Å². The maximum atomic E-state index is 4.43. The van der Waals surface area contributed by atoms with Crippen LogP contribution in [-0.2, 0) is 6.54 Å². The minimum Gasteiger partial charge on any atom is -0.368 e. The highest BCUT2D eigenvalue weighted by atomic mass is 15.3. The summed E-state index contributed by atoms with van der Waals surface area (Å²) in [6.07, 6.45) is 2.01. The first kappa shape index (κ1) is 14.3. The van der Waals surface area contributed by atoms with E-state index in [-0.39, 0.29) is 0 Å². The number of nitrogens with one attached hydrogen (secondary N) is 1. The fraction of sp³-hybridized carbons (Fsp3) is 0.667. The summed E-state index contributed by atoms with van der Waals surface area (Å²) in [7, 11) is 1.99. The van der Waals surface area contributed by atoms with Crippen LogP contribution < -0.4 is 10.2 Å². The van der Waals surface area contributed by atoms with Crippen LogP contribution >= 0.6 is 0 Å². The van der Waals surface area contributed by atoms with Crippen molar-refractivity contribution in [3.05, 3.63) is 23.5 Å². The molecule has 0 radical (unpaired) electrons. The third-order valence-corrected chi connectivity index (χ3v) is 3.98. The summed E-state index contributed by atoms with van der Waals surface area (Å²) in [6.45, 7) is 12.0. The van der Waals surface area contributed by atoms with Crippen LogP contribution in [0.3, 0.4) is 0 Å². The van der Waals surface area contributed by atoms with E-state index >= 15 is 0 Å². The Balaban J connectivity index is 2.19. The van der Waals surface area contributed by atoms with Crippen molar-refractivity contribution in [3.8, 4) is 0 Å². The Labute approximate surface area is 116 Å². The Morgan fingerprint density at radius 2 is 2.21 bits per heavy atom. The molecule has 1 N–H and O–H groups in total. The number of nitrogens with zero attached hydrogens (tertiary/aromatic N) is 3. The van der Waals surface area contributed by atoms with Crippen molar-refractivity contribution in [2.75, 3.05) is 38.1 Å². The van der Waals surface area contributed by atoms with Gasteiger partial charge in [0.1, 0.15) is 0 Å². The maximum absolute atomic E-state index is 4.43. The molecule has 0 amide bonds. The highest BCUT2D eigenvalue weighted by molar-refractivity contribution is 5.54. The molecule has 1 saturated heterocycles. The van der Waals surface area contributed by atoms with Gasteiger partial charge < -0.3 is 10.2 Å². The average molecular weight is 262 g/mol. The maximum Gasteiger partial charge on any atom is 0.0446 e. The van der Waals surface area contributed by atoms with Crippen LogP contribution in [0.1, 0.15) is 25.1 Å². The number of aryl methyl sites for hydroxylation is 1. The van der Waals surface area contributed by atoms with Crippen molar-refractivity contribution in [1.29, 1.82) is 0 Å². The second kappa shape index (κ2) is 6.35. The highest BCUT2D eigenvalue weighted by Gasteiger charge is 2.23. The van der Waals surface area contributed by atoms with Gasteiger partial charge in [-0.05, 0) is 33.5 Å². The summed E-state index contributed by atoms with van der Waals surface area (Å²) < 4.78 is 0. The molecular weight excluding hydrogens is 236 g/mol. The zero-order valence-corrected chi connectivity index (χ0v) is 12.6. The summed E-state index contributed by atoms with van der Waals surface area (Å²) in [5.41, 5.74) is 3.75. The molecule has 0 aliphatic carbocycles. The molecule has 0 spiro atoms. The normalized spacial score (nSPS) is 20.8. The zero-order valence-electron chi connectivity index (χ0n) is 12.6. The number of anilines is 1. The van der Waals surface area contributed by atoms with Crippen molar-refractivity contribution < 1.29 is 0 Å². The van der Waals surface area contributed by atoms with Gasteiger partial charge in [0.2, 0.25) is 0 Å². The van der Waals surface area contributed by atoms with Gasteiger partial charge in [0.05, 0.1) is 0 Å². The van der Waals surface area contributed by atoms with Crippen molar-refractivity contribution in [2.24, 2.45) is 0 Å². The Hall–Kier alpha value is -1.13. The topological polar surface area (TPSA) is 31.4 Å². The molecule has 2 rings (SSSR count). The van der Waals surface area contributed by atoms with Gasteiger partial charge in [0.15, 0.2) is 0 Å². The molecule has 1 aliphatic heterocycles. The molecule has 4 nitrogen and oxygen atoms in total. The van der Waals surface area contributed by atoms with Gasteiger partial charge in [-0.2, -0.15) is 0 Å². The Kier molecular flexibility index (Phi) is 4.77. The van der Waals surface area contributed by atoms with Crippen LogP contribution in [0.25, 0.3) is 0 Å². The molecule has 1 aromatic heterocycles. The molecular formula is C15H26N4. The van der Waals surface area contributed by atoms with E-state index in [1.807, 2.05) is 13.2 Å². The summed E-state index contributed by atoms with van der Waals surface area (Å²) in [4.78, 5) is 9.48. The SMILES string of the molecule is CCN1CCN(c2cc(C)ncc2CNC)CC1C. The third-order valence-electron chi connectivity index (χ3n) is 3.98. The smallest absolute Gasteiger partial charge is 0.0446 e. The first-order valence-corrected chi connectivity index (χ1v) is 7.24. The number of hydrogen-bond acceptors (Lipinski definition) is 4. The monoisotopic (exact) mass is 262 g/mol. The van der Waals surface area contributed by atoms with Crippen LogP contribution in [-0.4, -0.2) is 49.2 Å². The quantitative estimate of drug-likeness (QED) is 0.894. The lowest BCUT2D eigenvalue weighted by Crippen LogP contribution is -2.52. The fourth-order valence-electron chi connectivity index (χ4n) is 2.88. The first-order valence-electron chi connectivity index (χ1n) is 7.24. The van der Waals surface area contributed by atoms with Gasteiger partial charge in [0.25, 0.3) is 0 Å². The molecule has 1 unspecified atom stereocenters. The molecule has 4 heteroatoms. The van der Waals surface area contributed by atoms with E-state index in [1.54, 1.807) is 0 Å². The molecule has 1 atom stereocenters. The first-order chi connectivity index (χ1) is 9.15. The number of hydrogen-bond donors (Lipinski definition) is 1. The minimum atomic E-state index is 0.620. The summed E-state index contributed by atoms with van der Waals surface area (Å²) >= 11 is 0. The second-order valence-corrected chi connectivity index (χ2v) is 5.41. The summed E-state index contributed by atoms with van der Waals surface area (Å²) in [5, 5.41) is 3.24. The van der Waals surface area contributed by atoms with Crippen molar-refractivity contribution in [3.63, 3.8) is 0 Å². The molecule has 106 valence electrons. The van der Waals surface area contributed by atoms with Crippen LogP contribution in [0.2, 0.25) is 0 Å². The molecule has 1 fully saturated rings. The van der Waals surface area contributed by atoms with Gasteiger partial charge in [-0.15, -0.1) is 0 Å². The minimum absolute atomic E-state index is 0.620. The number of likely N-dealkylation sites (N-methyl/N-ethyl adjacent to an activating group) is 1. The molecule has 0 aromatic carbocycles. The number of rotatable bonds is 4. The van der Waals surface area contributed by atoms with Gasteiger partial charge in [-0.1, -0.05) is 6.92 Å². The van der Waals surface area contributed by atoms with Crippen LogP contribution in [0.15, 0.2) is 12.3 Å². The molecule has 19 heavy (non-hydrogen) atoms. The van der Waals surface area contributed by atoms with Gasteiger partial charge in [-0.25, -0.2) is 0 Å². The Morgan fingerprint density at radius 1 is 1.42 bits per heavy atom. The summed E-state index contributed by atoms with van der Waals surface area (Å²) in [5.74, 6) is 0. The Morgan fingerprint density at radius 3 is 2.84 bits per heavy atom. The van der Waals surface area contributed by atoms with Crippen LogP contribution in [0.5, 0.6) is 0 Å². The molecule has 1 aliphatic rings. The average Bonchev–Trinajstić information content (AvgIpc) is 2.41. The number of aromatic nitrogens is 1. The largest absolute Gasteiger partial charge is 0.368 e. The van der Waals surface area contributed by atoms with Crippen LogP contribution in [0.4, 0.5) is 5.69 Å². The zero-order chi connectivity index (χ0) is 13.8. The van der Waals surface area contributed by atoms with Crippen LogP contribution in [0, 0.1) is 6.92 Å². The lowest BCUT2D eigenvalue weighted by molar-refractivity contribution is 0.199. The van der Waals surface area contributed by atoms with E-state index < -0.39 is 0 Å². The van der Waals surface area contributed by atoms with Gasteiger partial charge >= 0.3 is 0 Å². The molecule has 0 saturated carbocycles. The van der Waals surface area contributed by atoms with Crippen molar-refractivity contribution in [1.82, 2.24) is 15.2 Å². The van der Waals surface area contributed by atoms with E-state index in [2.05, 4.69) is 46.9 Å². The lowest BCUT2D eigenvalue weighted by atomic mass is 10.1.